The molecule has 0 spiro atoms. The smallest absolute Gasteiger partial charge is 0.138 e. The summed E-state index contributed by atoms with van der Waals surface area (Å²) in [6.07, 6.45) is 6.21. The molecule has 0 saturated carbocycles. The number of pyridine rings is 1. The molecule has 0 amide bonds. The first-order chi connectivity index (χ1) is 12.2. The molecule has 2 aromatic heterocycles. The largest absolute Gasteiger partial charge is 0.374 e. The summed E-state index contributed by atoms with van der Waals surface area (Å²) >= 11 is 3.67. The van der Waals surface area contributed by atoms with Gasteiger partial charge in [0.1, 0.15) is 11.0 Å². The summed E-state index contributed by atoms with van der Waals surface area (Å²) in [5.41, 5.74) is 7.12. The van der Waals surface area contributed by atoms with Gasteiger partial charge in [-0.3, -0.25) is 0 Å². The molecule has 1 aliphatic heterocycles. The maximum Gasteiger partial charge on any atom is 0.138 e. The van der Waals surface area contributed by atoms with Gasteiger partial charge < -0.3 is 10.3 Å². The van der Waals surface area contributed by atoms with Crippen molar-refractivity contribution in [3.8, 4) is 0 Å². The summed E-state index contributed by atoms with van der Waals surface area (Å²) in [5.74, 6) is 1.08. The van der Waals surface area contributed by atoms with Crippen LogP contribution >= 0.6 is 23.5 Å². The summed E-state index contributed by atoms with van der Waals surface area (Å²) in [7, 11) is 0. The molecule has 2 N–H and O–H groups in total. The topological polar surface area (TPSA) is 40.7 Å². The zero-order valence-corrected chi connectivity index (χ0v) is 16.2. The van der Waals surface area contributed by atoms with Crippen molar-refractivity contribution in [2.45, 2.75) is 24.1 Å². The molecular weight excluding hydrogens is 346 g/mol. The van der Waals surface area contributed by atoms with Gasteiger partial charge in [-0.1, -0.05) is 19.1 Å². The number of aromatic amines is 1. The quantitative estimate of drug-likeness (QED) is 0.611. The number of hydrogen-bond acceptors (Lipinski definition) is 4. The van der Waals surface area contributed by atoms with Gasteiger partial charge in [0, 0.05) is 33.8 Å². The summed E-state index contributed by atoms with van der Waals surface area (Å²) in [4.78, 5) is 9.46. The van der Waals surface area contributed by atoms with Gasteiger partial charge in [0.15, 0.2) is 0 Å². The van der Waals surface area contributed by atoms with Crippen molar-refractivity contribution in [3.63, 3.8) is 0 Å². The molecule has 128 valence electrons. The van der Waals surface area contributed by atoms with Crippen LogP contribution in [0.5, 0.6) is 0 Å². The van der Waals surface area contributed by atoms with Crippen molar-refractivity contribution < 1.29 is 0 Å². The van der Waals surface area contributed by atoms with E-state index in [0.717, 1.165) is 11.4 Å². The third-order valence-electron chi connectivity index (χ3n) is 4.42. The van der Waals surface area contributed by atoms with E-state index in [1.54, 1.807) is 11.8 Å². The second-order valence-electron chi connectivity index (χ2n) is 6.12. The van der Waals surface area contributed by atoms with Gasteiger partial charge in [-0.05, 0) is 48.3 Å². The van der Waals surface area contributed by atoms with E-state index in [1.807, 2.05) is 18.0 Å². The Hall–Kier alpha value is -1.85. The summed E-state index contributed by atoms with van der Waals surface area (Å²) < 4.78 is 0. The highest BCUT2D eigenvalue weighted by atomic mass is 32.2. The van der Waals surface area contributed by atoms with Crippen molar-refractivity contribution >= 4 is 40.1 Å². The van der Waals surface area contributed by atoms with E-state index in [9.17, 15) is 0 Å². The van der Waals surface area contributed by atoms with E-state index < -0.39 is 0 Å². The van der Waals surface area contributed by atoms with Gasteiger partial charge in [0.05, 0.1) is 5.69 Å². The lowest BCUT2D eigenvalue weighted by Gasteiger charge is -2.23. The van der Waals surface area contributed by atoms with Crippen molar-refractivity contribution in [2.24, 2.45) is 0 Å². The number of hydrogen-bond donors (Lipinski definition) is 2. The van der Waals surface area contributed by atoms with Crippen LogP contribution < -0.4 is 5.32 Å². The molecule has 0 radical (unpaired) electrons. The normalized spacial score (nSPS) is 16.4. The summed E-state index contributed by atoms with van der Waals surface area (Å²) in [5, 5.41) is 4.96. The lowest BCUT2D eigenvalue weighted by molar-refractivity contribution is 0.808. The van der Waals surface area contributed by atoms with Crippen LogP contribution in [0.25, 0.3) is 16.6 Å². The molecule has 25 heavy (non-hydrogen) atoms. The monoisotopic (exact) mass is 367 g/mol. The number of fused-ring (bicyclic) bond motifs is 3. The maximum atomic E-state index is 4.61. The molecular formula is C20H21N3S2. The predicted molar refractivity (Wildman–Crippen MR) is 110 cm³/mol. The molecule has 5 heteroatoms. The van der Waals surface area contributed by atoms with Crippen LogP contribution in [0, 0.1) is 6.92 Å². The van der Waals surface area contributed by atoms with E-state index in [2.05, 4.69) is 71.9 Å². The molecule has 1 atom stereocenters. The van der Waals surface area contributed by atoms with Crippen molar-refractivity contribution in [3.05, 3.63) is 65.1 Å². The van der Waals surface area contributed by atoms with Crippen LogP contribution in [0.4, 0.5) is 0 Å². The zero-order valence-electron chi connectivity index (χ0n) is 14.6. The number of nitrogens with one attached hydrogen (secondary N) is 2. The van der Waals surface area contributed by atoms with E-state index in [-0.39, 0.29) is 5.37 Å². The molecule has 0 saturated heterocycles. The van der Waals surface area contributed by atoms with Crippen LogP contribution in [0.1, 0.15) is 34.7 Å². The predicted octanol–water partition coefficient (Wildman–Crippen LogP) is 5.34. The van der Waals surface area contributed by atoms with Crippen molar-refractivity contribution in [1.29, 1.82) is 0 Å². The highest BCUT2D eigenvalue weighted by Gasteiger charge is 2.26. The molecule has 0 fully saturated rings. The first-order valence-corrected chi connectivity index (χ1v) is 10.7. The minimum Gasteiger partial charge on any atom is -0.374 e. The van der Waals surface area contributed by atoms with Gasteiger partial charge in [-0.25, -0.2) is 4.98 Å². The van der Waals surface area contributed by atoms with E-state index in [1.165, 1.54) is 38.2 Å². The van der Waals surface area contributed by atoms with Crippen molar-refractivity contribution in [2.75, 3.05) is 12.0 Å². The molecule has 3 nitrogen and oxygen atoms in total. The average Bonchev–Trinajstić information content (AvgIpc) is 3.00. The minimum atomic E-state index is 0.224. The molecule has 4 rings (SSSR count). The lowest BCUT2D eigenvalue weighted by Crippen LogP contribution is -2.19. The Morgan fingerprint density at radius 1 is 1.24 bits per heavy atom. The lowest BCUT2D eigenvalue weighted by atomic mass is 9.94. The standard InChI is InChI=1S/C20H21N3S2/c1-4-25-14-7-5-6-13(9-14)16-11-22-20(24-3)18-17(16)15-8-12(2)10-21-19(15)23-18/h5-11,20,22H,4H2,1-3H3,(H,21,23). The maximum absolute atomic E-state index is 4.61. The molecule has 1 unspecified atom stereocenters. The van der Waals surface area contributed by atoms with Crippen LogP contribution in [0.15, 0.2) is 47.6 Å². The Bertz CT molecular complexity index is 959. The third kappa shape index (κ3) is 2.96. The van der Waals surface area contributed by atoms with Gasteiger partial charge in [0.2, 0.25) is 0 Å². The van der Waals surface area contributed by atoms with Crippen LogP contribution in [-0.4, -0.2) is 22.0 Å². The van der Waals surface area contributed by atoms with Crippen LogP contribution in [-0.2, 0) is 0 Å². The summed E-state index contributed by atoms with van der Waals surface area (Å²) in [6, 6.07) is 11.0. The van der Waals surface area contributed by atoms with Crippen molar-refractivity contribution in [1.82, 2.24) is 15.3 Å². The van der Waals surface area contributed by atoms with Gasteiger partial charge in [0.25, 0.3) is 0 Å². The fourth-order valence-corrected chi connectivity index (χ4v) is 4.66. The van der Waals surface area contributed by atoms with Gasteiger partial charge in [-0.2, -0.15) is 0 Å². The second kappa shape index (κ2) is 6.81. The SMILES string of the molecule is CCSc1cccc(C2=CNC(SC)c3[nH]c4ncc(C)cc4c32)c1. The van der Waals surface area contributed by atoms with Gasteiger partial charge >= 0.3 is 0 Å². The molecule has 3 aromatic rings. The number of nitrogens with zero attached hydrogens (tertiary/aromatic N) is 1. The second-order valence-corrected chi connectivity index (χ2v) is 8.40. The molecule has 0 aliphatic carbocycles. The number of aromatic nitrogens is 2. The van der Waals surface area contributed by atoms with Gasteiger partial charge in [-0.15, -0.1) is 23.5 Å². The Morgan fingerprint density at radius 2 is 2.12 bits per heavy atom. The third-order valence-corrected chi connectivity index (χ3v) is 6.14. The molecule has 0 bridgehead atoms. The van der Waals surface area contributed by atoms with E-state index in [4.69, 9.17) is 0 Å². The number of thioether (sulfide) groups is 2. The number of benzene rings is 1. The molecule has 1 aromatic carbocycles. The Kier molecular flexibility index (Phi) is 4.52. The fourth-order valence-electron chi connectivity index (χ4n) is 3.33. The van der Waals surface area contributed by atoms with E-state index >= 15 is 0 Å². The average molecular weight is 368 g/mol. The highest BCUT2D eigenvalue weighted by Crippen LogP contribution is 2.41. The van der Waals surface area contributed by atoms with Crippen LogP contribution in [0.3, 0.4) is 0 Å². The fraction of sp³-hybridized carbons (Fsp3) is 0.250. The zero-order chi connectivity index (χ0) is 17.4. The highest BCUT2D eigenvalue weighted by molar-refractivity contribution is 7.99. The van der Waals surface area contributed by atoms with Crippen LogP contribution in [0.2, 0.25) is 0 Å². The summed E-state index contributed by atoms with van der Waals surface area (Å²) in [6.45, 7) is 4.29. The number of rotatable bonds is 4. The Morgan fingerprint density at radius 3 is 2.92 bits per heavy atom. The minimum absolute atomic E-state index is 0.224. The molecule has 1 aliphatic rings. The van der Waals surface area contributed by atoms with E-state index in [0.29, 0.717) is 0 Å². The molecule has 3 heterocycles. The number of aryl methyl sites for hydroxylation is 1. The Balaban J connectivity index is 1.91. The first-order valence-electron chi connectivity index (χ1n) is 8.42. The Labute approximate surface area is 156 Å². The first kappa shape index (κ1) is 16.6. The number of H-pyrrole nitrogens is 1.